The van der Waals surface area contributed by atoms with E-state index in [1.165, 1.54) is 6.07 Å². The molecule has 0 saturated heterocycles. The Morgan fingerprint density at radius 3 is 2.69 bits per heavy atom. The SMILES string of the molecule is C=CCCOC(=O)c1c(CC(/C=C/CC)=NC)cccc1OP(=O)(O)O. The number of esters is 1. The van der Waals surface area contributed by atoms with Gasteiger partial charge in [-0.25, -0.2) is 9.36 Å². The average molecular weight is 381 g/mol. The molecule has 0 heterocycles. The van der Waals surface area contributed by atoms with E-state index in [1.807, 2.05) is 19.1 Å². The first-order valence-electron chi connectivity index (χ1n) is 8.09. The number of aliphatic imine (C=N–C) groups is 1. The number of phosphoric acid groups is 1. The second-order valence-electron chi connectivity index (χ2n) is 5.29. The van der Waals surface area contributed by atoms with Gasteiger partial charge in [0.05, 0.1) is 6.61 Å². The third kappa shape index (κ3) is 7.35. The van der Waals surface area contributed by atoms with E-state index in [9.17, 15) is 9.36 Å². The van der Waals surface area contributed by atoms with Crippen molar-refractivity contribution in [1.82, 2.24) is 0 Å². The topological polar surface area (TPSA) is 105 Å². The van der Waals surface area contributed by atoms with Crippen LogP contribution in [-0.4, -0.2) is 35.1 Å². The monoisotopic (exact) mass is 381 g/mol. The maximum atomic E-state index is 12.5. The molecule has 26 heavy (non-hydrogen) atoms. The van der Waals surface area contributed by atoms with Gasteiger partial charge in [0, 0.05) is 19.2 Å². The molecule has 0 aliphatic carbocycles. The predicted octanol–water partition coefficient (Wildman–Crippen LogP) is 3.47. The normalized spacial score (nSPS) is 12.2. The van der Waals surface area contributed by atoms with Crippen molar-refractivity contribution in [2.24, 2.45) is 4.99 Å². The van der Waals surface area contributed by atoms with Crippen molar-refractivity contribution in [3.63, 3.8) is 0 Å². The van der Waals surface area contributed by atoms with Crippen LogP contribution < -0.4 is 4.52 Å². The number of nitrogens with zero attached hydrogens (tertiary/aromatic N) is 1. The van der Waals surface area contributed by atoms with Crippen molar-refractivity contribution >= 4 is 19.5 Å². The summed E-state index contributed by atoms with van der Waals surface area (Å²) in [5, 5.41) is 0. The number of carbonyl (C=O) groups excluding carboxylic acids is 1. The van der Waals surface area contributed by atoms with Crippen molar-refractivity contribution in [1.29, 1.82) is 0 Å². The lowest BCUT2D eigenvalue weighted by Gasteiger charge is -2.15. The first-order valence-corrected chi connectivity index (χ1v) is 9.62. The van der Waals surface area contributed by atoms with Crippen LogP contribution in [-0.2, 0) is 15.7 Å². The van der Waals surface area contributed by atoms with Crippen LogP contribution in [0.3, 0.4) is 0 Å². The minimum atomic E-state index is -4.83. The van der Waals surface area contributed by atoms with Gasteiger partial charge in [0.15, 0.2) is 0 Å². The zero-order chi connectivity index (χ0) is 19.6. The Kier molecular flexibility index (Phi) is 8.99. The van der Waals surface area contributed by atoms with Crippen molar-refractivity contribution in [2.75, 3.05) is 13.7 Å². The molecule has 7 nitrogen and oxygen atoms in total. The molecule has 0 radical (unpaired) electrons. The summed E-state index contributed by atoms with van der Waals surface area (Å²) in [5.41, 5.74) is 1.19. The summed E-state index contributed by atoms with van der Waals surface area (Å²) in [4.78, 5) is 34.9. The Balaban J connectivity index is 3.28. The Hall–Kier alpha value is -2.21. The Morgan fingerprint density at radius 2 is 2.12 bits per heavy atom. The van der Waals surface area contributed by atoms with Crippen molar-refractivity contribution < 1.29 is 28.4 Å². The maximum absolute atomic E-state index is 12.5. The number of allylic oxidation sites excluding steroid dienone is 2. The second-order valence-corrected chi connectivity index (χ2v) is 6.45. The molecule has 0 fully saturated rings. The van der Waals surface area contributed by atoms with Gasteiger partial charge in [-0.15, -0.1) is 6.58 Å². The lowest BCUT2D eigenvalue weighted by molar-refractivity contribution is 0.0508. The van der Waals surface area contributed by atoms with Crippen LogP contribution in [0.2, 0.25) is 0 Å². The Labute approximate surface area is 153 Å². The van der Waals surface area contributed by atoms with E-state index < -0.39 is 13.8 Å². The van der Waals surface area contributed by atoms with E-state index in [0.717, 1.165) is 6.42 Å². The average Bonchev–Trinajstić information content (AvgIpc) is 2.57. The molecule has 0 unspecified atom stereocenters. The number of carbonyl (C=O) groups is 1. The first kappa shape index (κ1) is 21.8. The molecule has 0 aromatic heterocycles. The maximum Gasteiger partial charge on any atom is 0.524 e. The third-order valence-electron chi connectivity index (χ3n) is 3.29. The number of ether oxygens (including phenoxy) is 1. The molecule has 142 valence electrons. The molecule has 8 heteroatoms. The molecule has 0 aliphatic heterocycles. The Bertz CT molecular complexity index is 735. The highest BCUT2D eigenvalue weighted by Gasteiger charge is 2.25. The summed E-state index contributed by atoms with van der Waals surface area (Å²) in [6.45, 7) is 5.64. The standard InChI is InChI=1S/C18H24NO6P/c1-4-6-10-15(19-3)13-14-9-8-11-16(25-26(21,22)23)17(14)18(20)24-12-7-5-2/h5-6,8-11H,2,4,7,12-13H2,1,3H3,(H2,21,22,23)/b10-6+,19-15?. The van der Waals surface area contributed by atoms with E-state index in [-0.39, 0.29) is 24.3 Å². The molecule has 0 aliphatic rings. The minimum absolute atomic E-state index is 0.0223. The summed E-state index contributed by atoms with van der Waals surface area (Å²) < 4.78 is 21.1. The minimum Gasteiger partial charge on any atom is -0.462 e. The summed E-state index contributed by atoms with van der Waals surface area (Å²) in [6.07, 6.45) is 6.95. The lowest BCUT2D eigenvalue weighted by atomic mass is 10.0. The molecule has 2 N–H and O–H groups in total. The highest BCUT2D eigenvalue weighted by atomic mass is 31.2. The summed E-state index contributed by atoms with van der Waals surface area (Å²) >= 11 is 0. The van der Waals surface area contributed by atoms with Gasteiger partial charge in [0.2, 0.25) is 0 Å². The molecule has 1 rings (SSSR count). The highest BCUT2D eigenvalue weighted by Crippen LogP contribution is 2.40. The van der Waals surface area contributed by atoms with E-state index >= 15 is 0 Å². The first-order chi connectivity index (χ1) is 12.3. The molecule has 0 bridgehead atoms. The zero-order valence-corrected chi connectivity index (χ0v) is 15.8. The highest BCUT2D eigenvalue weighted by molar-refractivity contribution is 7.46. The quantitative estimate of drug-likeness (QED) is 0.211. The van der Waals surface area contributed by atoms with Crippen LogP contribution in [0.1, 0.15) is 35.7 Å². The van der Waals surface area contributed by atoms with Crippen molar-refractivity contribution in [3.8, 4) is 5.75 Å². The van der Waals surface area contributed by atoms with Gasteiger partial charge in [-0.2, -0.15) is 0 Å². The molecular weight excluding hydrogens is 357 g/mol. The van der Waals surface area contributed by atoms with Gasteiger partial charge < -0.3 is 9.26 Å². The number of hydrogen-bond acceptors (Lipinski definition) is 5. The van der Waals surface area contributed by atoms with E-state index in [2.05, 4.69) is 16.1 Å². The third-order valence-corrected chi connectivity index (χ3v) is 3.73. The smallest absolute Gasteiger partial charge is 0.462 e. The zero-order valence-electron chi connectivity index (χ0n) is 14.9. The lowest BCUT2D eigenvalue weighted by Crippen LogP contribution is -2.13. The summed E-state index contributed by atoms with van der Waals surface area (Å²) in [5.74, 6) is -0.949. The van der Waals surface area contributed by atoms with Crippen LogP contribution in [0.4, 0.5) is 0 Å². The molecule has 1 aromatic carbocycles. The van der Waals surface area contributed by atoms with Gasteiger partial charge in [-0.05, 0) is 30.5 Å². The largest absolute Gasteiger partial charge is 0.524 e. The fraction of sp³-hybridized carbons (Fsp3) is 0.333. The van der Waals surface area contributed by atoms with Gasteiger partial charge in [-0.1, -0.05) is 31.2 Å². The fourth-order valence-corrected chi connectivity index (χ4v) is 2.54. The van der Waals surface area contributed by atoms with E-state index in [0.29, 0.717) is 17.7 Å². The number of benzene rings is 1. The predicted molar refractivity (Wildman–Crippen MR) is 101 cm³/mol. The van der Waals surface area contributed by atoms with Crippen LogP contribution in [0.5, 0.6) is 5.75 Å². The fourth-order valence-electron chi connectivity index (χ4n) is 2.13. The van der Waals surface area contributed by atoms with Crippen LogP contribution in [0.25, 0.3) is 0 Å². The number of rotatable bonds is 10. The molecule has 0 atom stereocenters. The van der Waals surface area contributed by atoms with Gasteiger partial charge in [-0.3, -0.25) is 14.8 Å². The molecule has 0 amide bonds. The van der Waals surface area contributed by atoms with Gasteiger partial charge in [0.25, 0.3) is 0 Å². The summed E-state index contributed by atoms with van der Waals surface area (Å²) in [7, 11) is -3.20. The number of hydrogen-bond donors (Lipinski definition) is 2. The molecular formula is C18H24NO6P. The van der Waals surface area contributed by atoms with E-state index in [4.69, 9.17) is 14.5 Å². The van der Waals surface area contributed by atoms with Crippen LogP contribution >= 0.6 is 7.82 Å². The second kappa shape index (κ2) is 10.7. The molecule has 0 saturated carbocycles. The molecule has 0 spiro atoms. The van der Waals surface area contributed by atoms with Gasteiger partial charge in [0.1, 0.15) is 11.3 Å². The van der Waals surface area contributed by atoms with Crippen molar-refractivity contribution in [2.45, 2.75) is 26.2 Å². The van der Waals surface area contributed by atoms with Crippen molar-refractivity contribution in [3.05, 3.63) is 54.1 Å². The van der Waals surface area contributed by atoms with Crippen LogP contribution in [0, 0.1) is 0 Å². The summed E-state index contributed by atoms with van der Waals surface area (Å²) in [6, 6.07) is 4.54. The van der Waals surface area contributed by atoms with Crippen LogP contribution in [0.15, 0.2) is 48.0 Å². The molecule has 1 aromatic rings. The Morgan fingerprint density at radius 1 is 1.38 bits per heavy atom. The number of phosphoric ester groups is 1. The van der Waals surface area contributed by atoms with E-state index in [1.54, 1.807) is 25.3 Å². The van der Waals surface area contributed by atoms with Gasteiger partial charge >= 0.3 is 13.8 Å².